The fraction of sp³-hybridized carbons (Fsp3) is 0.714. The van der Waals surface area contributed by atoms with E-state index in [0.717, 1.165) is 57.7 Å². The fourth-order valence-corrected chi connectivity index (χ4v) is 5.83. The lowest BCUT2D eigenvalue weighted by Crippen LogP contribution is -2.50. The summed E-state index contributed by atoms with van der Waals surface area (Å²) in [6, 6.07) is 2.51. The third-order valence-corrected chi connectivity index (χ3v) is 7.42. The summed E-state index contributed by atoms with van der Waals surface area (Å²) in [5.41, 5.74) is 0. The van der Waals surface area contributed by atoms with Gasteiger partial charge in [0.25, 0.3) is 0 Å². The van der Waals surface area contributed by atoms with Crippen molar-refractivity contribution in [3.63, 3.8) is 0 Å². The van der Waals surface area contributed by atoms with Gasteiger partial charge in [-0.05, 0) is 57.7 Å². The van der Waals surface area contributed by atoms with Gasteiger partial charge in [-0.15, -0.1) is 0 Å². The van der Waals surface area contributed by atoms with E-state index in [4.69, 9.17) is 4.74 Å². The zero-order valence-corrected chi connectivity index (χ0v) is 17.1. The lowest BCUT2D eigenvalue weighted by molar-refractivity contribution is -0.143. The number of hydrogen-bond acceptors (Lipinski definition) is 7. The lowest BCUT2D eigenvalue weighted by Gasteiger charge is -2.38. The Hall–Kier alpha value is -2.42. The second-order valence-corrected chi connectivity index (χ2v) is 8.90. The lowest BCUT2D eigenvalue weighted by atomic mass is 9.95. The Kier molecular flexibility index (Phi) is 5.22. The highest BCUT2D eigenvalue weighted by atomic mass is 16.6. The van der Waals surface area contributed by atoms with Gasteiger partial charge in [0.15, 0.2) is 0 Å². The van der Waals surface area contributed by atoms with Crippen LogP contribution in [0.1, 0.15) is 38.5 Å². The molecule has 4 fully saturated rings. The van der Waals surface area contributed by atoms with Crippen LogP contribution in [-0.2, 0) is 9.53 Å². The minimum Gasteiger partial charge on any atom is -0.481 e. The fourth-order valence-electron chi connectivity index (χ4n) is 5.83. The monoisotopic (exact) mass is 415 g/mol. The van der Waals surface area contributed by atoms with Crippen LogP contribution in [0.4, 0.5) is 10.6 Å². The van der Waals surface area contributed by atoms with Crippen molar-refractivity contribution in [3.05, 3.63) is 18.6 Å². The predicted octanol–water partition coefficient (Wildman–Crippen LogP) is 1.59. The molecule has 0 bridgehead atoms. The molecular weight excluding hydrogens is 386 g/mol. The quantitative estimate of drug-likeness (QED) is 0.792. The molecule has 3 atom stereocenters. The maximum absolute atomic E-state index is 12.8. The number of carboxylic acids is 1. The molecule has 1 aromatic heterocycles. The van der Waals surface area contributed by atoms with E-state index in [-0.39, 0.29) is 36.2 Å². The van der Waals surface area contributed by atoms with Crippen LogP contribution in [0.5, 0.6) is 0 Å². The molecule has 0 radical (unpaired) electrons. The van der Waals surface area contributed by atoms with Crippen molar-refractivity contribution in [1.82, 2.24) is 19.8 Å². The molecule has 1 aliphatic carbocycles. The second kappa shape index (κ2) is 8.02. The number of amides is 1. The minimum absolute atomic E-state index is 0.0845. The van der Waals surface area contributed by atoms with Gasteiger partial charge in [-0.3, -0.25) is 14.6 Å². The van der Waals surface area contributed by atoms with Crippen LogP contribution in [0.2, 0.25) is 0 Å². The van der Waals surface area contributed by atoms with Crippen molar-refractivity contribution in [3.8, 4) is 0 Å². The van der Waals surface area contributed by atoms with Gasteiger partial charge in [-0.1, -0.05) is 0 Å². The highest BCUT2D eigenvalue weighted by Gasteiger charge is 2.53. The molecule has 3 aliphatic heterocycles. The van der Waals surface area contributed by atoms with Gasteiger partial charge in [0.1, 0.15) is 18.2 Å². The van der Waals surface area contributed by atoms with Crippen molar-refractivity contribution in [2.75, 3.05) is 31.1 Å². The largest absolute Gasteiger partial charge is 0.481 e. The van der Waals surface area contributed by atoms with Crippen LogP contribution in [-0.4, -0.2) is 87.3 Å². The molecule has 9 nitrogen and oxygen atoms in total. The van der Waals surface area contributed by atoms with E-state index in [9.17, 15) is 14.7 Å². The van der Waals surface area contributed by atoms with Crippen LogP contribution in [0.3, 0.4) is 0 Å². The molecule has 30 heavy (non-hydrogen) atoms. The first-order valence-corrected chi connectivity index (χ1v) is 11.1. The molecule has 3 unspecified atom stereocenters. The summed E-state index contributed by atoms with van der Waals surface area (Å²) in [6.07, 6.45) is 8.24. The summed E-state index contributed by atoms with van der Waals surface area (Å²) in [5, 5.41) is 9.24. The average molecular weight is 415 g/mol. The van der Waals surface area contributed by atoms with E-state index in [1.54, 1.807) is 12.5 Å². The van der Waals surface area contributed by atoms with Gasteiger partial charge >= 0.3 is 12.1 Å². The smallest absolute Gasteiger partial charge is 0.410 e. The molecular formula is C21H29N5O4. The van der Waals surface area contributed by atoms with Gasteiger partial charge in [-0.2, -0.15) is 0 Å². The highest BCUT2D eigenvalue weighted by Crippen LogP contribution is 2.40. The molecule has 3 saturated heterocycles. The third kappa shape index (κ3) is 3.49. The van der Waals surface area contributed by atoms with Gasteiger partial charge in [0, 0.05) is 31.4 Å². The average Bonchev–Trinajstić information content (AvgIpc) is 3.32. The number of rotatable bonds is 4. The number of aliphatic carboxylic acids is 1. The zero-order valence-electron chi connectivity index (χ0n) is 17.1. The van der Waals surface area contributed by atoms with Gasteiger partial charge in [-0.25, -0.2) is 14.8 Å². The number of fused-ring (bicyclic) bond motifs is 1. The first-order chi connectivity index (χ1) is 14.6. The SMILES string of the molecule is O=C(O)C1CCN(C2CCC3C2OC(=O)N3C2CCN(c3ccncn3)CC2)CC1. The number of carbonyl (C=O) groups excluding carboxylic acids is 1. The van der Waals surface area contributed by atoms with E-state index < -0.39 is 5.97 Å². The molecule has 5 rings (SSSR count). The number of carbonyl (C=O) groups is 2. The number of carboxylic acid groups (broad SMARTS) is 1. The first-order valence-electron chi connectivity index (χ1n) is 11.1. The maximum Gasteiger partial charge on any atom is 0.410 e. The topological polar surface area (TPSA) is 99.1 Å². The summed E-state index contributed by atoms with van der Waals surface area (Å²) in [4.78, 5) is 39.0. The Morgan fingerprint density at radius 1 is 1.03 bits per heavy atom. The number of piperidine rings is 2. The Morgan fingerprint density at radius 3 is 2.43 bits per heavy atom. The summed E-state index contributed by atoms with van der Waals surface area (Å²) < 4.78 is 5.90. The van der Waals surface area contributed by atoms with Crippen molar-refractivity contribution in [2.45, 2.75) is 62.8 Å². The molecule has 4 heterocycles. The molecule has 0 spiro atoms. The molecule has 1 aromatic rings. The normalized spacial score (nSPS) is 31.1. The predicted molar refractivity (Wildman–Crippen MR) is 108 cm³/mol. The Labute approximate surface area is 176 Å². The number of anilines is 1. The third-order valence-electron chi connectivity index (χ3n) is 7.42. The summed E-state index contributed by atoms with van der Waals surface area (Å²) in [7, 11) is 0. The van der Waals surface area contributed by atoms with E-state index >= 15 is 0 Å². The van der Waals surface area contributed by atoms with Crippen LogP contribution in [0.15, 0.2) is 18.6 Å². The van der Waals surface area contributed by atoms with Crippen molar-refractivity contribution in [2.24, 2.45) is 5.92 Å². The van der Waals surface area contributed by atoms with Gasteiger partial charge in [0.2, 0.25) is 0 Å². The van der Waals surface area contributed by atoms with Gasteiger partial charge in [0.05, 0.1) is 12.0 Å². The number of nitrogens with zero attached hydrogens (tertiary/aromatic N) is 5. The van der Waals surface area contributed by atoms with E-state index in [1.807, 2.05) is 11.0 Å². The van der Waals surface area contributed by atoms with Crippen LogP contribution in [0.25, 0.3) is 0 Å². The molecule has 9 heteroatoms. The van der Waals surface area contributed by atoms with E-state index in [1.165, 1.54) is 0 Å². The number of hydrogen-bond donors (Lipinski definition) is 1. The zero-order chi connectivity index (χ0) is 20.7. The molecule has 0 aromatic carbocycles. The summed E-state index contributed by atoms with van der Waals surface area (Å²) >= 11 is 0. The standard InChI is InChI=1S/C21H29N5O4/c27-20(28)14-4-9-24(10-5-14)16-1-2-17-19(16)30-21(29)26(17)15-6-11-25(12-7-15)18-3-8-22-13-23-18/h3,8,13-17,19H,1-2,4-7,9-12H2,(H,27,28). The van der Waals surface area contributed by atoms with Crippen molar-refractivity contribution >= 4 is 17.9 Å². The first kappa shape index (κ1) is 19.5. The summed E-state index contributed by atoms with van der Waals surface area (Å²) in [5.74, 6) is 0.0166. The number of ether oxygens (including phenoxy) is 1. The number of likely N-dealkylation sites (tertiary alicyclic amines) is 1. The minimum atomic E-state index is -0.689. The Balaban J connectivity index is 1.20. The molecule has 4 aliphatic rings. The van der Waals surface area contributed by atoms with E-state index in [2.05, 4.69) is 19.8 Å². The molecule has 1 N–H and O–H groups in total. The van der Waals surface area contributed by atoms with Crippen LogP contribution in [0, 0.1) is 5.92 Å². The molecule has 1 amide bonds. The second-order valence-electron chi connectivity index (χ2n) is 8.90. The molecule has 162 valence electrons. The van der Waals surface area contributed by atoms with Crippen molar-refractivity contribution < 1.29 is 19.4 Å². The van der Waals surface area contributed by atoms with Crippen molar-refractivity contribution in [1.29, 1.82) is 0 Å². The van der Waals surface area contributed by atoms with Gasteiger partial charge < -0.3 is 14.7 Å². The Morgan fingerprint density at radius 2 is 1.77 bits per heavy atom. The van der Waals surface area contributed by atoms with Crippen LogP contribution >= 0.6 is 0 Å². The highest BCUT2D eigenvalue weighted by molar-refractivity contribution is 5.72. The van der Waals surface area contributed by atoms with Crippen LogP contribution < -0.4 is 4.90 Å². The molecule has 1 saturated carbocycles. The Bertz CT molecular complexity index is 777. The number of aromatic nitrogens is 2. The summed E-state index contributed by atoms with van der Waals surface area (Å²) in [6.45, 7) is 3.30. The van der Waals surface area contributed by atoms with E-state index in [0.29, 0.717) is 12.8 Å². The maximum atomic E-state index is 12.8.